The minimum atomic E-state index is -0.244. The smallest absolute Gasteiger partial charge is 0.306 e. The van der Waals surface area contributed by atoms with E-state index in [4.69, 9.17) is 0 Å². The van der Waals surface area contributed by atoms with E-state index in [-0.39, 0.29) is 11.6 Å². The van der Waals surface area contributed by atoms with Gasteiger partial charge in [-0.25, -0.2) is 4.79 Å². The zero-order valence-electron chi connectivity index (χ0n) is 13.4. The summed E-state index contributed by atoms with van der Waals surface area (Å²) < 4.78 is 1.51. The first-order valence-electron chi connectivity index (χ1n) is 8.17. The number of carbonyl (C=O) groups is 1. The second-order valence-electron chi connectivity index (χ2n) is 6.37. The third-order valence-corrected chi connectivity index (χ3v) is 4.80. The van der Waals surface area contributed by atoms with Gasteiger partial charge in [-0.2, -0.15) is 5.10 Å². The lowest BCUT2D eigenvalue weighted by Crippen LogP contribution is -2.12. The molecule has 2 aromatic heterocycles. The summed E-state index contributed by atoms with van der Waals surface area (Å²) in [6.07, 6.45) is 4.85. The Labute approximate surface area is 138 Å². The molecule has 0 aliphatic heterocycles. The van der Waals surface area contributed by atoms with Gasteiger partial charge in [0.1, 0.15) is 0 Å². The molecule has 0 saturated heterocycles. The third kappa shape index (κ3) is 2.51. The van der Waals surface area contributed by atoms with Crippen molar-refractivity contribution in [2.75, 3.05) is 5.32 Å². The topological polar surface area (TPSA) is 95.6 Å². The Hall–Kier alpha value is -2.83. The number of aromatic amines is 2. The zero-order valence-corrected chi connectivity index (χ0v) is 13.4. The maximum atomic E-state index is 12.4. The molecule has 3 N–H and O–H groups in total. The number of anilines is 1. The van der Waals surface area contributed by atoms with Crippen LogP contribution in [0.2, 0.25) is 0 Å². The highest BCUT2D eigenvalue weighted by Gasteiger charge is 2.19. The number of benzene rings is 1. The molecule has 124 valence electrons. The Morgan fingerprint density at radius 2 is 2.08 bits per heavy atom. The summed E-state index contributed by atoms with van der Waals surface area (Å²) in [7, 11) is 1.69. The molecule has 7 nitrogen and oxygen atoms in total. The number of aryl methyl sites for hydroxylation is 1. The lowest BCUT2D eigenvalue weighted by Gasteiger charge is -2.04. The van der Waals surface area contributed by atoms with Crippen molar-refractivity contribution in [3.05, 3.63) is 46.0 Å². The molecule has 1 aliphatic carbocycles. The number of amides is 1. The quantitative estimate of drug-likeness (QED) is 0.690. The summed E-state index contributed by atoms with van der Waals surface area (Å²) in [5.74, 6) is 0.809. The van der Waals surface area contributed by atoms with Crippen molar-refractivity contribution >= 4 is 22.8 Å². The Morgan fingerprint density at radius 3 is 2.88 bits per heavy atom. The number of fused-ring (bicyclic) bond motifs is 1. The average molecular weight is 325 g/mol. The van der Waals surface area contributed by atoms with Gasteiger partial charge in [-0.15, -0.1) is 0 Å². The third-order valence-electron chi connectivity index (χ3n) is 4.80. The number of rotatable bonds is 3. The van der Waals surface area contributed by atoms with Gasteiger partial charge in [0.15, 0.2) is 5.82 Å². The molecule has 2 heterocycles. The van der Waals surface area contributed by atoms with Crippen LogP contribution in [0.1, 0.15) is 47.7 Å². The number of carbonyl (C=O) groups excluding carboxylic acids is 1. The predicted octanol–water partition coefficient (Wildman–Crippen LogP) is 2.50. The van der Waals surface area contributed by atoms with Crippen LogP contribution in [-0.4, -0.2) is 25.7 Å². The monoisotopic (exact) mass is 325 g/mol. The molecule has 1 fully saturated rings. The van der Waals surface area contributed by atoms with E-state index < -0.39 is 0 Å². The predicted molar refractivity (Wildman–Crippen MR) is 91.3 cm³/mol. The van der Waals surface area contributed by atoms with Crippen molar-refractivity contribution in [1.29, 1.82) is 0 Å². The van der Waals surface area contributed by atoms with Crippen molar-refractivity contribution in [3.8, 4) is 0 Å². The van der Waals surface area contributed by atoms with E-state index in [1.807, 2.05) is 6.07 Å². The molecule has 0 radical (unpaired) electrons. The fourth-order valence-corrected chi connectivity index (χ4v) is 3.41. The highest BCUT2D eigenvalue weighted by molar-refractivity contribution is 6.05. The zero-order chi connectivity index (χ0) is 16.7. The first-order chi connectivity index (χ1) is 11.6. The van der Waals surface area contributed by atoms with Gasteiger partial charge in [0.2, 0.25) is 0 Å². The van der Waals surface area contributed by atoms with Crippen molar-refractivity contribution in [1.82, 2.24) is 19.7 Å². The lowest BCUT2D eigenvalue weighted by molar-refractivity contribution is 0.102. The maximum Gasteiger partial charge on any atom is 0.326 e. The van der Waals surface area contributed by atoms with E-state index in [2.05, 4.69) is 20.5 Å². The van der Waals surface area contributed by atoms with E-state index in [0.29, 0.717) is 22.8 Å². The molecule has 7 heteroatoms. The molecule has 0 bridgehead atoms. The van der Waals surface area contributed by atoms with Gasteiger partial charge < -0.3 is 10.3 Å². The van der Waals surface area contributed by atoms with E-state index in [1.54, 1.807) is 25.2 Å². The molecule has 0 spiro atoms. The molecular weight excluding hydrogens is 306 g/mol. The number of nitrogens with one attached hydrogen (secondary N) is 3. The van der Waals surface area contributed by atoms with Crippen molar-refractivity contribution in [3.63, 3.8) is 0 Å². The second-order valence-corrected chi connectivity index (χ2v) is 6.37. The first-order valence-corrected chi connectivity index (χ1v) is 8.17. The summed E-state index contributed by atoms with van der Waals surface area (Å²) in [4.78, 5) is 26.8. The number of hydrogen-bond acceptors (Lipinski definition) is 3. The number of H-pyrrole nitrogens is 2. The molecule has 1 aromatic carbocycles. The van der Waals surface area contributed by atoms with Gasteiger partial charge in [-0.1, -0.05) is 12.8 Å². The van der Waals surface area contributed by atoms with E-state index in [9.17, 15) is 9.59 Å². The summed E-state index contributed by atoms with van der Waals surface area (Å²) in [6, 6.07) is 7.06. The van der Waals surface area contributed by atoms with Crippen LogP contribution in [0, 0.1) is 0 Å². The maximum absolute atomic E-state index is 12.4. The molecule has 4 rings (SSSR count). The van der Waals surface area contributed by atoms with Gasteiger partial charge in [0, 0.05) is 30.3 Å². The van der Waals surface area contributed by atoms with E-state index in [1.165, 1.54) is 30.3 Å². The van der Waals surface area contributed by atoms with Crippen LogP contribution < -0.4 is 11.0 Å². The number of imidazole rings is 1. The van der Waals surface area contributed by atoms with Gasteiger partial charge in [0.05, 0.1) is 11.0 Å². The highest BCUT2D eigenvalue weighted by Crippen LogP contribution is 2.33. The van der Waals surface area contributed by atoms with Gasteiger partial charge in [-0.05, 0) is 31.0 Å². The SMILES string of the molecule is Cn1c(=O)[nH]c2cc(C(=O)Nc3cc(C4CCCC4)[nH]n3)ccc21. The van der Waals surface area contributed by atoms with E-state index in [0.717, 1.165) is 11.2 Å². The molecule has 1 saturated carbocycles. The molecular formula is C17H19N5O2. The van der Waals surface area contributed by atoms with Gasteiger partial charge in [-0.3, -0.25) is 14.5 Å². The molecule has 0 unspecified atom stereocenters. The van der Waals surface area contributed by atoms with Crippen LogP contribution in [0.5, 0.6) is 0 Å². The summed E-state index contributed by atoms with van der Waals surface area (Å²) >= 11 is 0. The Kier molecular flexibility index (Phi) is 3.48. The fraction of sp³-hybridized carbons (Fsp3) is 0.353. The molecule has 1 aliphatic rings. The van der Waals surface area contributed by atoms with Crippen LogP contribution in [0.3, 0.4) is 0 Å². The number of aromatic nitrogens is 4. The standard InChI is InChI=1S/C17H19N5O2/c1-22-14-7-6-11(8-13(14)18-17(22)24)16(23)19-15-9-12(20-21-15)10-4-2-3-5-10/h6-10H,2-5H2,1H3,(H,18,24)(H2,19,20,21,23). The molecule has 24 heavy (non-hydrogen) atoms. The highest BCUT2D eigenvalue weighted by atomic mass is 16.2. The summed E-state index contributed by atoms with van der Waals surface area (Å²) in [5.41, 5.74) is 2.78. The Balaban J connectivity index is 1.54. The molecule has 3 aromatic rings. The Morgan fingerprint density at radius 1 is 1.29 bits per heavy atom. The Bertz CT molecular complexity index is 959. The normalized spacial score (nSPS) is 15.2. The number of hydrogen-bond donors (Lipinski definition) is 3. The van der Waals surface area contributed by atoms with E-state index >= 15 is 0 Å². The minimum Gasteiger partial charge on any atom is -0.306 e. The van der Waals surface area contributed by atoms with Gasteiger partial charge >= 0.3 is 5.69 Å². The average Bonchev–Trinajstić information content (AvgIpc) is 3.29. The van der Waals surface area contributed by atoms with Crippen LogP contribution in [0.15, 0.2) is 29.1 Å². The largest absolute Gasteiger partial charge is 0.326 e. The van der Waals surface area contributed by atoms with Crippen LogP contribution >= 0.6 is 0 Å². The van der Waals surface area contributed by atoms with Gasteiger partial charge in [0.25, 0.3) is 5.91 Å². The first kappa shape index (κ1) is 14.7. The van der Waals surface area contributed by atoms with Crippen molar-refractivity contribution in [2.24, 2.45) is 7.05 Å². The molecule has 0 atom stereocenters. The second kappa shape index (κ2) is 5.67. The molecule has 1 amide bonds. The van der Waals surface area contributed by atoms with Crippen molar-refractivity contribution in [2.45, 2.75) is 31.6 Å². The minimum absolute atomic E-state index is 0.198. The summed E-state index contributed by atoms with van der Waals surface area (Å²) in [6.45, 7) is 0. The summed E-state index contributed by atoms with van der Waals surface area (Å²) in [5, 5.41) is 10.0. The van der Waals surface area contributed by atoms with Crippen LogP contribution in [0.25, 0.3) is 11.0 Å². The van der Waals surface area contributed by atoms with Crippen LogP contribution in [-0.2, 0) is 7.05 Å². The van der Waals surface area contributed by atoms with Crippen LogP contribution in [0.4, 0.5) is 5.82 Å². The fourth-order valence-electron chi connectivity index (χ4n) is 3.41. The lowest BCUT2D eigenvalue weighted by atomic mass is 10.0. The number of nitrogens with zero attached hydrogens (tertiary/aromatic N) is 2. The van der Waals surface area contributed by atoms with Crippen molar-refractivity contribution < 1.29 is 4.79 Å².